The van der Waals surface area contributed by atoms with Gasteiger partial charge in [0.2, 0.25) is 5.91 Å². The first-order valence-electron chi connectivity index (χ1n) is 11.0. The van der Waals surface area contributed by atoms with Gasteiger partial charge >= 0.3 is 0 Å². The van der Waals surface area contributed by atoms with Gasteiger partial charge in [0.25, 0.3) is 5.56 Å². The maximum atomic E-state index is 13.1. The Balaban J connectivity index is 1.50. The molecule has 0 bridgehead atoms. The van der Waals surface area contributed by atoms with Gasteiger partial charge in [0.05, 0.1) is 22.5 Å². The first-order valence-corrected chi connectivity index (χ1v) is 11.0. The summed E-state index contributed by atoms with van der Waals surface area (Å²) in [7, 11) is 0. The van der Waals surface area contributed by atoms with E-state index in [2.05, 4.69) is 27.3 Å². The van der Waals surface area contributed by atoms with Crippen molar-refractivity contribution in [3.05, 3.63) is 52.1 Å². The zero-order valence-electron chi connectivity index (χ0n) is 18.5. The first kappa shape index (κ1) is 21.2. The summed E-state index contributed by atoms with van der Waals surface area (Å²) in [6.45, 7) is 8.31. The Hall–Kier alpha value is -3.00. The third kappa shape index (κ3) is 4.39. The summed E-state index contributed by atoms with van der Waals surface area (Å²) in [5.41, 5.74) is 2.53. The van der Waals surface area contributed by atoms with Crippen molar-refractivity contribution in [2.75, 3.05) is 19.6 Å². The summed E-state index contributed by atoms with van der Waals surface area (Å²) in [5.74, 6) is -0.203. The maximum absolute atomic E-state index is 13.1. The van der Waals surface area contributed by atoms with Crippen LogP contribution in [0.3, 0.4) is 0 Å². The van der Waals surface area contributed by atoms with Crippen LogP contribution in [0, 0.1) is 13.8 Å². The standard InChI is InChI=1S/C23H30N6O2/c1-16-9-7-8-13-27(16)14-12-24-20(30)15-28-23(31)21-18(3)29(19-10-5-4-6-11-19)26-22(21)17(2)25-28/h4-6,10-11,16H,7-9,12-15H2,1-3H3,(H,24,30)/t16-/m1/s1. The van der Waals surface area contributed by atoms with Crippen LogP contribution in [0.2, 0.25) is 0 Å². The van der Waals surface area contributed by atoms with Gasteiger partial charge in [-0.2, -0.15) is 10.2 Å². The first-order chi connectivity index (χ1) is 15.0. The Bertz CT molecular complexity index is 1130. The monoisotopic (exact) mass is 422 g/mol. The number of aromatic nitrogens is 4. The molecule has 1 aromatic carbocycles. The molecule has 1 amide bonds. The minimum Gasteiger partial charge on any atom is -0.353 e. The van der Waals surface area contributed by atoms with E-state index in [1.54, 1.807) is 4.68 Å². The maximum Gasteiger partial charge on any atom is 0.278 e. The molecule has 0 aliphatic carbocycles. The van der Waals surface area contributed by atoms with Crippen molar-refractivity contribution in [2.24, 2.45) is 0 Å². The van der Waals surface area contributed by atoms with Crippen LogP contribution in [-0.4, -0.2) is 56.0 Å². The van der Waals surface area contributed by atoms with E-state index in [4.69, 9.17) is 0 Å². The van der Waals surface area contributed by atoms with Crippen LogP contribution < -0.4 is 10.9 Å². The lowest BCUT2D eigenvalue weighted by Gasteiger charge is -2.33. The lowest BCUT2D eigenvalue weighted by atomic mass is 10.0. The van der Waals surface area contributed by atoms with Gasteiger partial charge in [0.15, 0.2) is 0 Å². The van der Waals surface area contributed by atoms with Crippen LogP contribution in [0.25, 0.3) is 16.6 Å². The SMILES string of the molecule is Cc1nn(CC(=O)NCCN2CCCC[C@H]2C)c(=O)c2c(C)n(-c3ccccc3)nc12. The van der Waals surface area contributed by atoms with Crippen molar-refractivity contribution in [2.45, 2.75) is 52.6 Å². The van der Waals surface area contributed by atoms with Crippen molar-refractivity contribution in [3.8, 4) is 5.69 Å². The lowest BCUT2D eigenvalue weighted by Crippen LogP contribution is -2.43. The highest BCUT2D eigenvalue weighted by Gasteiger charge is 2.20. The number of rotatable bonds is 6. The van der Waals surface area contributed by atoms with Crippen molar-refractivity contribution in [3.63, 3.8) is 0 Å². The summed E-state index contributed by atoms with van der Waals surface area (Å²) >= 11 is 0. The van der Waals surface area contributed by atoms with Crippen LogP contribution in [0.5, 0.6) is 0 Å². The topological polar surface area (TPSA) is 85.0 Å². The summed E-state index contributed by atoms with van der Waals surface area (Å²) in [6.07, 6.45) is 3.70. The van der Waals surface area contributed by atoms with E-state index in [1.807, 2.05) is 44.2 Å². The molecule has 0 spiro atoms. The molecule has 164 valence electrons. The summed E-state index contributed by atoms with van der Waals surface area (Å²) in [5, 5.41) is 12.4. The predicted octanol–water partition coefficient (Wildman–Crippen LogP) is 2.19. The van der Waals surface area contributed by atoms with E-state index in [-0.39, 0.29) is 18.0 Å². The number of hydrogen-bond acceptors (Lipinski definition) is 5. The van der Waals surface area contributed by atoms with E-state index >= 15 is 0 Å². The number of likely N-dealkylation sites (tertiary alicyclic amines) is 1. The fourth-order valence-corrected chi connectivity index (χ4v) is 4.36. The fraction of sp³-hybridized carbons (Fsp3) is 0.478. The number of aryl methyl sites for hydroxylation is 2. The van der Waals surface area contributed by atoms with Gasteiger partial charge in [-0.15, -0.1) is 0 Å². The normalized spacial score (nSPS) is 17.2. The Morgan fingerprint density at radius 3 is 2.68 bits per heavy atom. The second kappa shape index (κ2) is 9.01. The number of hydrogen-bond donors (Lipinski definition) is 1. The van der Waals surface area contributed by atoms with Crippen LogP contribution in [0.1, 0.15) is 37.6 Å². The van der Waals surface area contributed by atoms with Crippen molar-refractivity contribution >= 4 is 16.8 Å². The molecule has 0 saturated carbocycles. The molecule has 1 N–H and O–H groups in total. The van der Waals surface area contributed by atoms with E-state index in [0.717, 1.165) is 24.5 Å². The highest BCUT2D eigenvalue weighted by Crippen LogP contribution is 2.19. The van der Waals surface area contributed by atoms with Crippen molar-refractivity contribution in [1.29, 1.82) is 0 Å². The number of carbonyl (C=O) groups is 1. The second-order valence-corrected chi connectivity index (χ2v) is 8.34. The number of amides is 1. The number of fused-ring (bicyclic) bond motifs is 1. The third-order valence-corrected chi connectivity index (χ3v) is 6.13. The summed E-state index contributed by atoms with van der Waals surface area (Å²) in [6, 6.07) is 10.2. The summed E-state index contributed by atoms with van der Waals surface area (Å²) in [4.78, 5) is 28.0. The van der Waals surface area contributed by atoms with Crippen molar-refractivity contribution < 1.29 is 4.79 Å². The number of piperidine rings is 1. The zero-order valence-corrected chi connectivity index (χ0v) is 18.5. The van der Waals surface area contributed by atoms with Gasteiger partial charge in [0, 0.05) is 19.1 Å². The number of para-hydroxylation sites is 1. The summed E-state index contributed by atoms with van der Waals surface area (Å²) < 4.78 is 3.01. The minimum atomic E-state index is -0.292. The average molecular weight is 423 g/mol. The molecule has 1 fully saturated rings. The molecular formula is C23H30N6O2. The number of carbonyl (C=O) groups excluding carboxylic acids is 1. The Morgan fingerprint density at radius 1 is 1.16 bits per heavy atom. The van der Waals surface area contributed by atoms with E-state index < -0.39 is 0 Å². The Morgan fingerprint density at radius 2 is 1.94 bits per heavy atom. The van der Waals surface area contributed by atoms with Gasteiger partial charge < -0.3 is 5.32 Å². The number of nitrogens with zero attached hydrogens (tertiary/aromatic N) is 5. The molecule has 1 saturated heterocycles. The molecular weight excluding hydrogens is 392 g/mol. The zero-order chi connectivity index (χ0) is 22.0. The van der Waals surface area contributed by atoms with Gasteiger partial charge in [-0.1, -0.05) is 24.6 Å². The lowest BCUT2D eigenvalue weighted by molar-refractivity contribution is -0.122. The van der Waals surface area contributed by atoms with Gasteiger partial charge in [0.1, 0.15) is 12.1 Å². The van der Waals surface area contributed by atoms with Gasteiger partial charge in [-0.25, -0.2) is 9.36 Å². The van der Waals surface area contributed by atoms with Crippen LogP contribution in [0.15, 0.2) is 35.1 Å². The molecule has 3 heterocycles. The quantitative estimate of drug-likeness (QED) is 0.658. The van der Waals surface area contributed by atoms with E-state index in [1.165, 1.54) is 23.9 Å². The molecule has 1 aliphatic heterocycles. The molecule has 3 aromatic rings. The Kier molecular flexibility index (Phi) is 6.18. The molecule has 0 unspecified atom stereocenters. The largest absolute Gasteiger partial charge is 0.353 e. The second-order valence-electron chi connectivity index (χ2n) is 8.34. The Labute approximate surface area is 181 Å². The van der Waals surface area contributed by atoms with Crippen molar-refractivity contribution in [1.82, 2.24) is 29.8 Å². The van der Waals surface area contributed by atoms with E-state index in [9.17, 15) is 9.59 Å². The highest BCUT2D eigenvalue weighted by atomic mass is 16.2. The van der Waals surface area contributed by atoms with Gasteiger partial charge in [-0.05, 0) is 52.3 Å². The molecule has 31 heavy (non-hydrogen) atoms. The van der Waals surface area contributed by atoms with Gasteiger partial charge in [-0.3, -0.25) is 14.5 Å². The minimum absolute atomic E-state index is 0.0961. The highest BCUT2D eigenvalue weighted by molar-refractivity contribution is 5.83. The molecule has 1 atom stereocenters. The average Bonchev–Trinajstić information content (AvgIpc) is 3.12. The molecule has 4 rings (SSSR count). The third-order valence-electron chi connectivity index (χ3n) is 6.13. The molecule has 8 heteroatoms. The fourth-order valence-electron chi connectivity index (χ4n) is 4.36. The van der Waals surface area contributed by atoms with Crippen LogP contribution in [0.4, 0.5) is 0 Å². The van der Waals surface area contributed by atoms with Crippen LogP contribution in [-0.2, 0) is 11.3 Å². The van der Waals surface area contributed by atoms with Crippen LogP contribution >= 0.6 is 0 Å². The number of benzene rings is 1. The number of nitrogens with one attached hydrogen (secondary N) is 1. The molecule has 1 aliphatic rings. The predicted molar refractivity (Wildman–Crippen MR) is 120 cm³/mol. The van der Waals surface area contributed by atoms with E-state index in [0.29, 0.717) is 29.2 Å². The molecule has 8 nitrogen and oxygen atoms in total. The smallest absolute Gasteiger partial charge is 0.278 e. The molecule has 0 radical (unpaired) electrons. The molecule has 2 aromatic heterocycles.